The lowest BCUT2D eigenvalue weighted by molar-refractivity contribution is 0.0915. The van der Waals surface area contributed by atoms with E-state index in [4.69, 9.17) is 5.73 Å². The molecule has 1 atom stereocenters. The highest BCUT2D eigenvalue weighted by atomic mass is 16.2. The van der Waals surface area contributed by atoms with Crippen LogP contribution in [0.15, 0.2) is 0 Å². The van der Waals surface area contributed by atoms with Crippen molar-refractivity contribution in [2.75, 3.05) is 5.73 Å². The summed E-state index contributed by atoms with van der Waals surface area (Å²) in [5, 5.41) is 9.89. The third-order valence-electron chi connectivity index (χ3n) is 4.17. The van der Waals surface area contributed by atoms with Crippen LogP contribution in [0.4, 0.5) is 5.69 Å². The van der Waals surface area contributed by atoms with Crippen molar-refractivity contribution < 1.29 is 4.79 Å². The number of amides is 1. The first-order valence-electron chi connectivity index (χ1n) is 7.27. The van der Waals surface area contributed by atoms with E-state index in [0.717, 1.165) is 12.1 Å². The van der Waals surface area contributed by atoms with Gasteiger partial charge in [-0.25, -0.2) is 0 Å². The Hall–Kier alpha value is -1.52. The standard InChI is InChI=1S/C14H24N4O/c1-3-11-12(15)13(18-17-11)14(19)16-9(2)10-7-5-4-6-8-10/h9-10H,3-8,15H2,1-2H3,(H,16,19)(H,17,18). The Morgan fingerprint density at radius 3 is 2.74 bits per heavy atom. The van der Waals surface area contributed by atoms with Crippen molar-refractivity contribution >= 4 is 11.6 Å². The molecule has 0 radical (unpaired) electrons. The molecule has 2 rings (SSSR count). The molecule has 1 aliphatic carbocycles. The second-order valence-corrected chi connectivity index (χ2v) is 5.48. The predicted molar refractivity (Wildman–Crippen MR) is 75.9 cm³/mol. The molecular weight excluding hydrogens is 240 g/mol. The van der Waals surface area contributed by atoms with E-state index < -0.39 is 0 Å². The first-order chi connectivity index (χ1) is 9.13. The Labute approximate surface area is 114 Å². The predicted octanol–water partition coefficient (Wildman–Crippen LogP) is 2.25. The minimum atomic E-state index is -0.161. The summed E-state index contributed by atoms with van der Waals surface area (Å²) in [7, 11) is 0. The summed E-state index contributed by atoms with van der Waals surface area (Å²) in [4.78, 5) is 12.2. The number of hydrogen-bond donors (Lipinski definition) is 3. The number of aromatic amines is 1. The molecule has 0 spiro atoms. The van der Waals surface area contributed by atoms with E-state index in [9.17, 15) is 4.79 Å². The molecule has 1 saturated carbocycles. The molecule has 0 aromatic carbocycles. The van der Waals surface area contributed by atoms with Gasteiger partial charge in [0.05, 0.1) is 11.4 Å². The summed E-state index contributed by atoms with van der Waals surface area (Å²) in [6, 6.07) is 0.189. The Kier molecular flexibility index (Phi) is 4.45. The largest absolute Gasteiger partial charge is 0.395 e. The van der Waals surface area contributed by atoms with Crippen LogP contribution in [0.1, 0.15) is 62.1 Å². The summed E-state index contributed by atoms with van der Waals surface area (Å²) < 4.78 is 0. The molecule has 1 heterocycles. The molecule has 1 amide bonds. The number of rotatable bonds is 4. The summed E-state index contributed by atoms with van der Waals surface area (Å²) in [5.41, 5.74) is 7.56. The molecule has 106 valence electrons. The van der Waals surface area contributed by atoms with E-state index >= 15 is 0 Å². The topological polar surface area (TPSA) is 83.8 Å². The molecule has 0 saturated heterocycles. The zero-order valence-corrected chi connectivity index (χ0v) is 11.8. The van der Waals surface area contributed by atoms with Gasteiger partial charge >= 0.3 is 0 Å². The van der Waals surface area contributed by atoms with E-state index in [1.54, 1.807) is 0 Å². The maximum absolute atomic E-state index is 12.2. The van der Waals surface area contributed by atoms with E-state index in [1.807, 2.05) is 6.92 Å². The summed E-state index contributed by atoms with van der Waals surface area (Å²) in [6.45, 7) is 4.06. The maximum Gasteiger partial charge on any atom is 0.274 e. The van der Waals surface area contributed by atoms with E-state index in [1.165, 1.54) is 32.1 Å². The van der Waals surface area contributed by atoms with Crippen molar-refractivity contribution in [3.8, 4) is 0 Å². The molecule has 0 aliphatic heterocycles. The van der Waals surface area contributed by atoms with Gasteiger partial charge in [-0.1, -0.05) is 26.2 Å². The second kappa shape index (κ2) is 6.08. The van der Waals surface area contributed by atoms with Crippen molar-refractivity contribution in [2.45, 2.75) is 58.4 Å². The van der Waals surface area contributed by atoms with Gasteiger partial charge in [0.1, 0.15) is 0 Å². The maximum atomic E-state index is 12.2. The number of nitrogens with zero attached hydrogens (tertiary/aromatic N) is 1. The van der Waals surface area contributed by atoms with Gasteiger partial charge in [-0.15, -0.1) is 0 Å². The molecule has 5 heteroatoms. The zero-order chi connectivity index (χ0) is 13.8. The Morgan fingerprint density at radius 2 is 2.16 bits per heavy atom. The van der Waals surface area contributed by atoms with Crippen LogP contribution in [-0.4, -0.2) is 22.1 Å². The highest BCUT2D eigenvalue weighted by Gasteiger charge is 2.24. The van der Waals surface area contributed by atoms with Crippen molar-refractivity contribution in [1.29, 1.82) is 0 Å². The molecule has 1 unspecified atom stereocenters. The Bertz CT molecular complexity index is 435. The van der Waals surface area contributed by atoms with E-state index in [2.05, 4.69) is 22.4 Å². The van der Waals surface area contributed by atoms with Crippen molar-refractivity contribution in [2.24, 2.45) is 5.92 Å². The number of carbonyl (C=O) groups is 1. The molecule has 5 nitrogen and oxygen atoms in total. The van der Waals surface area contributed by atoms with Gasteiger partial charge in [0.2, 0.25) is 0 Å². The lowest BCUT2D eigenvalue weighted by Gasteiger charge is -2.28. The van der Waals surface area contributed by atoms with Gasteiger partial charge in [0.15, 0.2) is 5.69 Å². The van der Waals surface area contributed by atoms with Crippen LogP contribution in [-0.2, 0) is 6.42 Å². The highest BCUT2D eigenvalue weighted by molar-refractivity contribution is 5.97. The minimum Gasteiger partial charge on any atom is -0.395 e. The van der Waals surface area contributed by atoms with Crippen LogP contribution < -0.4 is 11.1 Å². The summed E-state index contributed by atoms with van der Waals surface area (Å²) in [5.74, 6) is 0.426. The van der Waals surface area contributed by atoms with Crippen LogP contribution in [0.3, 0.4) is 0 Å². The van der Waals surface area contributed by atoms with Crippen LogP contribution in [0.2, 0.25) is 0 Å². The molecule has 0 bridgehead atoms. The number of H-pyrrole nitrogens is 1. The number of hydrogen-bond acceptors (Lipinski definition) is 3. The lowest BCUT2D eigenvalue weighted by atomic mass is 9.84. The minimum absolute atomic E-state index is 0.161. The molecule has 19 heavy (non-hydrogen) atoms. The monoisotopic (exact) mass is 264 g/mol. The average molecular weight is 264 g/mol. The van der Waals surface area contributed by atoms with Gasteiger partial charge in [0.25, 0.3) is 5.91 Å². The van der Waals surface area contributed by atoms with Crippen molar-refractivity contribution in [3.63, 3.8) is 0 Å². The number of nitrogens with two attached hydrogens (primary N) is 1. The lowest BCUT2D eigenvalue weighted by Crippen LogP contribution is -2.39. The Morgan fingerprint density at radius 1 is 1.47 bits per heavy atom. The molecule has 1 aromatic rings. The number of aryl methyl sites for hydroxylation is 1. The average Bonchev–Trinajstić information content (AvgIpc) is 2.80. The normalized spacial score (nSPS) is 18.2. The quantitative estimate of drug-likeness (QED) is 0.780. The van der Waals surface area contributed by atoms with Gasteiger partial charge < -0.3 is 11.1 Å². The van der Waals surface area contributed by atoms with Gasteiger partial charge in [-0.2, -0.15) is 5.10 Å². The zero-order valence-electron chi connectivity index (χ0n) is 11.8. The fourth-order valence-electron chi connectivity index (χ4n) is 2.86. The smallest absolute Gasteiger partial charge is 0.274 e. The second-order valence-electron chi connectivity index (χ2n) is 5.48. The number of nitrogen functional groups attached to an aromatic ring is 1. The molecule has 1 aromatic heterocycles. The first-order valence-corrected chi connectivity index (χ1v) is 7.27. The van der Waals surface area contributed by atoms with Gasteiger partial charge in [-0.3, -0.25) is 9.89 Å². The number of carbonyl (C=O) groups excluding carboxylic acids is 1. The van der Waals surface area contributed by atoms with Crippen LogP contribution in [0.5, 0.6) is 0 Å². The van der Waals surface area contributed by atoms with Crippen molar-refractivity contribution in [1.82, 2.24) is 15.5 Å². The van der Waals surface area contributed by atoms with E-state index in [0.29, 0.717) is 17.3 Å². The fourth-order valence-corrected chi connectivity index (χ4v) is 2.86. The number of nitrogens with one attached hydrogen (secondary N) is 2. The molecule has 4 N–H and O–H groups in total. The van der Waals surface area contributed by atoms with Crippen LogP contribution in [0.25, 0.3) is 0 Å². The number of anilines is 1. The summed E-state index contributed by atoms with van der Waals surface area (Å²) in [6.07, 6.45) is 7.04. The third-order valence-corrected chi connectivity index (χ3v) is 4.17. The molecular formula is C14H24N4O. The van der Waals surface area contributed by atoms with Crippen LogP contribution >= 0.6 is 0 Å². The Balaban J connectivity index is 1.97. The highest BCUT2D eigenvalue weighted by Crippen LogP contribution is 2.26. The molecule has 1 aliphatic rings. The van der Waals surface area contributed by atoms with Gasteiger partial charge in [-0.05, 0) is 32.1 Å². The SMILES string of the molecule is CCc1[nH]nc(C(=O)NC(C)C2CCCCC2)c1N. The van der Waals surface area contributed by atoms with Crippen LogP contribution in [0, 0.1) is 5.92 Å². The number of aromatic nitrogens is 2. The van der Waals surface area contributed by atoms with Crippen molar-refractivity contribution in [3.05, 3.63) is 11.4 Å². The van der Waals surface area contributed by atoms with E-state index in [-0.39, 0.29) is 11.9 Å². The third kappa shape index (κ3) is 3.08. The summed E-state index contributed by atoms with van der Waals surface area (Å²) >= 11 is 0. The first kappa shape index (κ1) is 13.9. The fraction of sp³-hybridized carbons (Fsp3) is 0.714. The molecule has 1 fully saturated rings. The van der Waals surface area contributed by atoms with Gasteiger partial charge in [0, 0.05) is 6.04 Å².